The fourth-order valence-electron chi connectivity index (χ4n) is 1.64. The van der Waals surface area contributed by atoms with E-state index >= 15 is 0 Å². The number of hydrogen-bond acceptors (Lipinski definition) is 3. The van der Waals surface area contributed by atoms with Crippen LogP contribution in [0.1, 0.15) is 38.9 Å². The van der Waals surface area contributed by atoms with Crippen LogP contribution in [-0.4, -0.2) is 36.1 Å². The van der Waals surface area contributed by atoms with Gasteiger partial charge in [0.2, 0.25) is 0 Å². The van der Waals surface area contributed by atoms with Gasteiger partial charge in [-0.2, -0.15) is 5.10 Å². The highest BCUT2D eigenvalue weighted by Gasteiger charge is 2.10. The fraction of sp³-hybridized carbons (Fsp3) is 0.769. The van der Waals surface area contributed by atoms with Crippen molar-refractivity contribution < 1.29 is 4.74 Å². The maximum atomic E-state index is 5.57. The molecule has 17 heavy (non-hydrogen) atoms. The SMILES string of the molecule is CCCOCC(Cc1ccn(C(C)C)n1)NC. The zero-order chi connectivity index (χ0) is 12.7. The molecule has 0 aliphatic rings. The Morgan fingerprint density at radius 3 is 2.76 bits per heavy atom. The van der Waals surface area contributed by atoms with E-state index in [0.29, 0.717) is 12.1 Å². The van der Waals surface area contributed by atoms with Crippen LogP contribution in [0.5, 0.6) is 0 Å². The van der Waals surface area contributed by atoms with E-state index in [0.717, 1.165) is 31.7 Å². The Morgan fingerprint density at radius 2 is 2.24 bits per heavy atom. The van der Waals surface area contributed by atoms with Gasteiger partial charge in [-0.25, -0.2) is 0 Å². The van der Waals surface area contributed by atoms with Crippen LogP contribution >= 0.6 is 0 Å². The summed E-state index contributed by atoms with van der Waals surface area (Å²) in [6.07, 6.45) is 4.03. The van der Waals surface area contributed by atoms with Crippen molar-refractivity contribution in [1.29, 1.82) is 0 Å². The number of ether oxygens (including phenoxy) is 1. The van der Waals surface area contributed by atoms with Crippen LogP contribution < -0.4 is 5.32 Å². The van der Waals surface area contributed by atoms with Crippen LogP contribution in [0, 0.1) is 0 Å². The lowest BCUT2D eigenvalue weighted by Gasteiger charge is -2.15. The molecular formula is C13H25N3O. The molecule has 4 nitrogen and oxygen atoms in total. The number of hydrogen-bond donors (Lipinski definition) is 1. The zero-order valence-electron chi connectivity index (χ0n) is 11.4. The maximum Gasteiger partial charge on any atom is 0.0641 e. The van der Waals surface area contributed by atoms with Crippen LogP contribution in [0.2, 0.25) is 0 Å². The van der Waals surface area contributed by atoms with Gasteiger partial charge in [0.05, 0.1) is 12.3 Å². The molecule has 0 aromatic carbocycles. The standard InChI is InChI=1S/C13H25N3O/c1-5-8-17-10-13(14-4)9-12-6-7-16(15-12)11(2)3/h6-7,11,13-14H,5,8-10H2,1-4H3. The largest absolute Gasteiger partial charge is 0.380 e. The van der Waals surface area contributed by atoms with Crippen molar-refractivity contribution in [3.63, 3.8) is 0 Å². The highest BCUT2D eigenvalue weighted by atomic mass is 16.5. The predicted octanol–water partition coefficient (Wildman–Crippen LogP) is 2.02. The molecule has 1 N–H and O–H groups in total. The Morgan fingerprint density at radius 1 is 1.47 bits per heavy atom. The molecule has 0 aliphatic heterocycles. The van der Waals surface area contributed by atoms with Crippen molar-refractivity contribution in [3.05, 3.63) is 18.0 Å². The van der Waals surface area contributed by atoms with Gasteiger partial charge in [-0.3, -0.25) is 4.68 Å². The van der Waals surface area contributed by atoms with E-state index in [1.807, 2.05) is 17.9 Å². The molecule has 1 heterocycles. The first-order valence-electron chi connectivity index (χ1n) is 6.46. The molecule has 4 heteroatoms. The van der Waals surface area contributed by atoms with Crippen LogP contribution in [-0.2, 0) is 11.2 Å². The van der Waals surface area contributed by atoms with Gasteiger partial charge in [-0.15, -0.1) is 0 Å². The molecule has 1 aromatic heterocycles. The Hall–Kier alpha value is -0.870. The molecule has 1 aromatic rings. The third-order valence-electron chi connectivity index (χ3n) is 2.72. The molecule has 0 bridgehead atoms. The van der Waals surface area contributed by atoms with Crippen molar-refractivity contribution in [1.82, 2.24) is 15.1 Å². The van der Waals surface area contributed by atoms with Gasteiger partial charge in [0.1, 0.15) is 0 Å². The molecule has 98 valence electrons. The third kappa shape index (κ3) is 4.88. The van der Waals surface area contributed by atoms with Gasteiger partial charge in [-0.05, 0) is 33.4 Å². The average molecular weight is 239 g/mol. The van der Waals surface area contributed by atoms with Gasteiger partial charge in [0.15, 0.2) is 0 Å². The van der Waals surface area contributed by atoms with E-state index in [1.165, 1.54) is 0 Å². The second-order valence-corrected chi connectivity index (χ2v) is 4.65. The molecule has 0 saturated carbocycles. The predicted molar refractivity (Wildman–Crippen MR) is 70.3 cm³/mol. The molecule has 1 unspecified atom stereocenters. The topological polar surface area (TPSA) is 39.1 Å². The van der Waals surface area contributed by atoms with Crippen LogP contribution in [0.25, 0.3) is 0 Å². The van der Waals surface area contributed by atoms with Crippen molar-refractivity contribution in [2.24, 2.45) is 0 Å². The number of nitrogens with zero attached hydrogens (tertiary/aromatic N) is 2. The van der Waals surface area contributed by atoms with E-state index in [4.69, 9.17) is 4.74 Å². The lowest BCUT2D eigenvalue weighted by Crippen LogP contribution is -2.32. The Bertz CT molecular complexity index is 309. The monoisotopic (exact) mass is 239 g/mol. The van der Waals surface area contributed by atoms with Crippen LogP contribution in [0.15, 0.2) is 12.3 Å². The fourth-order valence-corrected chi connectivity index (χ4v) is 1.64. The van der Waals surface area contributed by atoms with Gasteiger partial charge >= 0.3 is 0 Å². The van der Waals surface area contributed by atoms with E-state index in [1.54, 1.807) is 0 Å². The first-order chi connectivity index (χ1) is 8.17. The van der Waals surface area contributed by atoms with Crippen molar-refractivity contribution in [3.8, 4) is 0 Å². The van der Waals surface area contributed by atoms with Gasteiger partial charge in [-0.1, -0.05) is 6.92 Å². The molecule has 0 spiro atoms. The normalized spacial score (nSPS) is 13.2. The third-order valence-corrected chi connectivity index (χ3v) is 2.72. The minimum absolute atomic E-state index is 0.345. The first-order valence-corrected chi connectivity index (χ1v) is 6.46. The minimum Gasteiger partial charge on any atom is -0.380 e. The zero-order valence-corrected chi connectivity index (χ0v) is 11.4. The number of likely N-dealkylation sites (N-methyl/N-ethyl adjacent to an activating group) is 1. The number of rotatable bonds is 8. The average Bonchev–Trinajstić information content (AvgIpc) is 2.76. The summed E-state index contributed by atoms with van der Waals surface area (Å²) in [6.45, 7) is 7.98. The smallest absolute Gasteiger partial charge is 0.0641 e. The molecule has 0 amide bonds. The Kier molecular flexibility index (Phi) is 6.22. The molecule has 0 fully saturated rings. The molecule has 0 saturated heterocycles. The Balaban J connectivity index is 2.43. The van der Waals surface area contributed by atoms with Gasteiger partial charge in [0.25, 0.3) is 0 Å². The number of nitrogens with one attached hydrogen (secondary N) is 1. The molecule has 1 rings (SSSR count). The van der Waals surface area contributed by atoms with E-state index < -0.39 is 0 Å². The summed E-state index contributed by atoms with van der Waals surface area (Å²) in [7, 11) is 1.97. The summed E-state index contributed by atoms with van der Waals surface area (Å²) in [5, 5.41) is 7.82. The van der Waals surface area contributed by atoms with Crippen molar-refractivity contribution >= 4 is 0 Å². The second-order valence-electron chi connectivity index (χ2n) is 4.65. The van der Waals surface area contributed by atoms with Crippen LogP contribution in [0.4, 0.5) is 0 Å². The maximum absolute atomic E-state index is 5.57. The molecule has 0 aliphatic carbocycles. The highest BCUT2D eigenvalue weighted by molar-refractivity contribution is 5.02. The summed E-state index contributed by atoms with van der Waals surface area (Å²) >= 11 is 0. The molecule has 1 atom stereocenters. The summed E-state index contributed by atoms with van der Waals surface area (Å²) < 4.78 is 7.56. The van der Waals surface area contributed by atoms with E-state index in [9.17, 15) is 0 Å². The second kappa shape index (κ2) is 7.45. The summed E-state index contributed by atoms with van der Waals surface area (Å²) in [6, 6.07) is 2.86. The lowest BCUT2D eigenvalue weighted by atomic mass is 10.2. The van der Waals surface area contributed by atoms with Crippen molar-refractivity contribution in [2.45, 2.75) is 45.7 Å². The summed E-state index contributed by atoms with van der Waals surface area (Å²) in [5.74, 6) is 0. The minimum atomic E-state index is 0.345. The quantitative estimate of drug-likeness (QED) is 0.705. The summed E-state index contributed by atoms with van der Waals surface area (Å²) in [4.78, 5) is 0. The van der Waals surface area contributed by atoms with E-state index in [2.05, 4.69) is 37.3 Å². The van der Waals surface area contributed by atoms with Crippen molar-refractivity contribution in [2.75, 3.05) is 20.3 Å². The summed E-state index contributed by atoms with van der Waals surface area (Å²) in [5.41, 5.74) is 1.12. The molecular weight excluding hydrogens is 214 g/mol. The molecule has 0 radical (unpaired) electrons. The highest BCUT2D eigenvalue weighted by Crippen LogP contribution is 2.06. The Labute approximate surface area is 104 Å². The van der Waals surface area contributed by atoms with Gasteiger partial charge in [0, 0.05) is 31.3 Å². The lowest BCUT2D eigenvalue weighted by molar-refractivity contribution is 0.113. The van der Waals surface area contributed by atoms with Gasteiger partial charge < -0.3 is 10.1 Å². The number of aromatic nitrogens is 2. The first kappa shape index (κ1) is 14.2. The van der Waals surface area contributed by atoms with E-state index in [-0.39, 0.29) is 0 Å². The van der Waals surface area contributed by atoms with Crippen LogP contribution in [0.3, 0.4) is 0 Å².